The quantitative estimate of drug-likeness (QED) is 0.537. The largest absolute Gasteiger partial charge is 0.366 e. The van der Waals surface area contributed by atoms with E-state index >= 15 is 0 Å². The molecule has 3 aromatic heterocycles. The third kappa shape index (κ3) is 3.08. The number of aryl methyl sites for hydroxylation is 2. The van der Waals surface area contributed by atoms with Gasteiger partial charge in [0.1, 0.15) is 17.2 Å². The SMILES string of the molecule is Cc1nc2c(C(N)=O)cccn2c1-c1nc2c(c(NCc3ccccc3)n1)CCC2. The minimum Gasteiger partial charge on any atom is -0.366 e. The number of primary amides is 1. The van der Waals surface area contributed by atoms with Gasteiger partial charge in [-0.3, -0.25) is 9.20 Å². The molecule has 3 N–H and O–H groups in total. The summed E-state index contributed by atoms with van der Waals surface area (Å²) in [6.45, 7) is 2.60. The van der Waals surface area contributed by atoms with Gasteiger partial charge in [-0.2, -0.15) is 0 Å². The molecule has 1 amide bonds. The standard InChI is InChI=1S/C23H22N6O/c1-14-19(29-12-6-10-17(20(24)30)23(29)26-14)22-27-18-11-5-9-16(18)21(28-22)25-13-15-7-3-2-4-8-15/h2-4,6-8,10,12H,5,9,11,13H2,1H3,(H2,24,30)(H,25,27,28). The number of anilines is 1. The van der Waals surface area contributed by atoms with Crippen LogP contribution in [0.3, 0.4) is 0 Å². The van der Waals surface area contributed by atoms with Crippen molar-refractivity contribution in [2.45, 2.75) is 32.7 Å². The lowest BCUT2D eigenvalue weighted by Crippen LogP contribution is -2.12. The van der Waals surface area contributed by atoms with E-state index in [-0.39, 0.29) is 0 Å². The fourth-order valence-corrected chi connectivity index (χ4v) is 4.11. The molecule has 30 heavy (non-hydrogen) atoms. The van der Waals surface area contributed by atoms with Gasteiger partial charge < -0.3 is 11.1 Å². The fraction of sp³-hybridized carbons (Fsp3) is 0.217. The summed E-state index contributed by atoms with van der Waals surface area (Å²) in [6.07, 6.45) is 4.86. The van der Waals surface area contributed by atoms with Crippen LogP contribution in [0, 0.1) is 6.92 Å². The summed E-state index contributed by atoms with van der Waals surface area (Å²) in [7, 11) is 0. The number of fused-ring (bicyclic) bond motifs is 2. The molecule has 0 radical (unpaired) electrons. The van der Waals surface area contributed by atoms with Gasteiger partial charge in [0.05, 0.1) is 11.3 Å². The zero-order valence-electron chi connectivity index (χ0n) is 16.7. The van der Waals surface area contributed by atoms with Crippen molar-refractivity contribution in [2.24, 2.45) is 5.73 Å². The van der Waals surface area contributed by atoms with Gasteiger partial charge in [0.25, 0.3) is 5.91 Å². The third-order valence-electron chi connectivity index (χ3n) is 5.54. The molecule has 0 saturated carbocycles. The Labute approximate surface area is 174 Å². The smallest absolute Gasteiger partial charge is 0.252 e. The Hall–Kier alpha value is -3.74. The van der Waals surface area contributed by atoms with Crippen molar-refractivity contribution < 1.29 is 4.79 Å². The van der Waals surface area contributed by atoms with Crippen molar-refractivity contribution in [3.63, 3.8) is 0 Å². The topological polar surface area (TPSA) is 98.2 Å². The predicted molar refractivity (Wildman–Crippen MR) is 115 cm³/mol. The molecule has 3 heterocycles. The maximum Gasteiger partial charge on any atom is 0.252 e. The molecule has 7 heteroatoms. The summed E-state index contributed by atoms with van der Waals surface area (Å²) in [5.41, 5.74) is 11.5. The van der Waals surface area contributed by atoms with E-state index in [1.165, 1.54) is 11.1 Å². The number of nitrogens with two attached hydrogens (primary N) is 1. The van der Waals surface area contributed by atoms with Gasteiger partial charge in [-0.1, -0.05) is 30.3 Å². The van der Waals surface area contributed by atoms with Crippen LogP contribution >= 0.6 is 0 Å². The van der Waals surface area contributed by atoms with E-state index in [4.69, 9.17) is 15.7 Å². The van der Waals surface area contributed by atoms with Crippen LogP contribution in [-0.4, -0.2) is 25.3 Å². The fourth-order valence-electron chi connectivity index (χ4n) is 4.11. The zero-order valence-corrected chi connectivity index (χ0v) is 16.7. The second-order valence-corrected chi connectivity index (χ2v) is 7.54. The van der Waals surface area contributed by atoms with Crippen LogP contribution in [0.15, 0.2) is 48.7 Å². The number of pyridine rings is 1. The highest BCUT2D eigenvalue weighted by atomic mass is 16.1. The van der Waals surface area contributed by atoms with Gasteiger partial charge in [-0.15, -0.1) is 0 Å². The van der Waals surface area contributed by atoms with E-state index in [1.54, 1.807) is 12.1 Å². The first-order chi connectivity index (χ1) is 14.6. The van der Waals surface area contributed by atoms with E-state index in [0.29, 0.717) is 23.6 Å². The van der Waals surface area contributed by atoms with Crippen LogP contribution < -0.4 is 11.1 Å². The van der Waals surface area contributed by atoms with Crippen LogP contribution in [-0.2, 0) is 19.4 Å². The minimum absolute atomic E-state index is 0.385. The Kier molecular flexibility index (Phi) is 4.43. The molecule has 0 spiro atoms. The Morgan fingerprint density at radius 2 is 1.93 bits per heavy atom. The second-order valence-electron chi connectivity index (χ2n) is 7.54. The highest BCUT2D eigenvalue weighted by Crippen LogP contribution is 2.31. The zero-order chi connectivity index (χ0) is 20.7. The van der Waals surface area contributed by atoms with Crippen molar-refractivity contribution in [3.05, 3.63) is 76.7 Å². The normalized spacial score (nSPS) is 12.8. The van der Waals surface area contributed by atoms with E-state index in [0.717, 1.165) is 42.2 Å². The lowest BCUT2D eigenvalue weighted by Gasteiger charge is -2.13. The van der Waals surface area contributed by atoms with E-state index < -0.39 is 5.91 Å². The van der Waals surface area contributed by atoms with Gasteiger partial charge in [-0.05, 0) is 43.9 Å². The number of carbonyl (C=O) groups excluding carboxylic acids is 1. The van der Waals surface area contributed by atoms with E-state index in [9.17, 15) is 4.79 Å². The Balaban J connectivity index is 1.61. The first kappa shape index (κ1) is 18.3. The van der Waals surface area contributed by atoms with Crippen LogP contribution in [0.1, 0.15) is 39.3 Å². The molecule has 0 bridgehead atoms. The average molecular weight is 398 g/mol. The molecular formula is C23H22N6O. The maximum absolute atomic E-state index is 11.8. The first-order valence-corrected chi connectivity index (χ1v) is 10.1. The molecule has 150 valence electrons. The molecule has 0 aliphatic heterocycles. The van der Waals surface area contributed by atoms with Crippen molar-refractivity contribution >= 4 is 17.4 Å². The Bertz CT molecular complexity index is 1260. The van der Waals surface area contributed by atoms with Crippen LogP contribution in [0.25, 0.3) is 17.2 Å². The van der Waals surface area contributed by atoms with Crippen LogP contribution in [0.4, 0.5) is 5.82 Å². The molecule has 4 aromatic rings. The van der Waals surface area contributed by atoms with Crippen molar-refractivity contribution in [1.29, 1.82) is 0 Å². The molecule has 0 saturated heterocycles. The molecule has 7 nitrogen and oxygen atoms in total. The number of benzene rings is 1. The predicted octanol–water partition coefficient (Wildman–Crippen LogP) is 3.30. The van der Waals surface area contributed by atoms with Crippen LogP contribution in [0.5, 0.6) is 0 Å². The van der Waals surface area contributed by atoms with Crippen LogP contribution in [0.2, 0.25) is 0 Å². The maximum atomic E-state index is 11.8. The molecule has 1 aliphatic carbocycles. The van der Waals surface area contributed by atoms with Gasteiger partial charge in [0.2, 0.25) is 0 Å². The number of hydrogen-bond donors (Lipinski definition) is 2. The number of imidazole rings is 1. The summed E-state index contributed by atoms with van der Waals surface area (Å²) in [4.78, 5) is 26.2. The molecule has 0 fully saturated rings. The number of hydrogen-bond acceptors (Lipinski definition) is 5. The molecule has 1 aliphatic rings. The highest BCUT2D eigenvalue weighted by molar-refractivity contribution is 5.99. The molecule has 5 rings (SSSR count). The number of carbonyl (C=O) groups is 1. The minimum atomic E-state index is -0.503. The summed E-state index contributed by atoms with van der Waals surface area (Å²) in [5, 5.41) is 3.51. The monoisotopic (exact) mass is 398 g/mol. The van der Waals surface area contributed by atoms with Gasteiger partial charge >= 0.3 is 0 Å². The number of nitrogens with zero attached hydrogens (tertiary/aromatic N) is 4. The Morgan fingerprint density at radius 1 is 1.10 bits per heavy atom. The lowest BCUT2D eigenvalue weighted by molar-refractivity contribution is 0.100. The van der Waals surface area contributed by atoms with Crippen molar-refractivity contribution in [1.82, 2.24) is 19.4 Å². The second kappa shape index (κ2) is 7.26. The molecular weight excluding hydrogens is 376 g/mol. The summed E-state index contributed by atoms with van der Waals surface area (Å²) in [6, 6.07) is 13.7. The van der Waals surface area contributed by atoms with E-state index in [1.807, 2.05) is 35.7 Å². The first-order valence-electron chi connectivity index (χ1n) is 10.1. The number of rotatable bonds is 5. The summed E-state index contributed by atoms with van der Waals surface area (Å²) in [5.74, 6) is 0.979. The molecule has 1 aromatic carbocycles. The summed E-state index contributed by atoms with van der Waals surface area (Å²) < 4.78 is 1.85. The molecule has 0 atom stereocenters. The molecule has 0 unspecified atom stereocenters. The number of amides is 1. The van der Waals surface area contributed by atoms with Crippen molar-refractivity contribution in [2.75, 3.05) is 5.32 Å². The average Bonchev–Trinajstić information content (AvgIpc) is 3.35. The van der Waals surface area contributed by atoms with Gasteiger partial charge in [0, 0.05) is 24.0 Å². The van der Waals surface area contributed by atoms with Crippen molar-refractivity contribution in [3.8, 4) is 11.5 Å². The van der Waals surface area contributed by atoms with E-state index in [2.05, 4.69) is 22.4 Å². The number of nitrogens with one attached hydrogen (secondary N) is 1. The highest BCUT2D eigenvalue weighted by Gasteiger charge is 2.23. The summed E-state index contributed by atoms with van der Waals surface area (Å²) >= 11 is 0. The Morgan fingerprint density at radius 3 is 2.73 bits per heavy atom. The van der Waals surface area contributed by atoms with Gasteiger partial charge in [-0.25, -0.2) is 15.0 Å². The third-order valence-corrected chi connectivity index (χ3v) is 5.54. The van der Waals surface area contributed by atoms with Gasteiger partial charge in [0.15, 0.2) is 5.82 Å². The lowest BCUT2D eigenvalue weighted by atomic mass is 10.2. The number of aromatic nitrogens is 4.